The predicted molar refractivity (Wildman–Crippen MR) is 113 cm³/mol. The lowest BCUT2D eigenvalue weighted by molar-refractivity contribution is 0.174. The van der Waals surface area contributed by atoms with E-state index < -0.39 is 0 Å². The van der Waals surface area contributed by atoms with Crippen LogP contribution in [0, 0.1) is 0 Å². The number of nitrogens with one attached hydrogen (secondary N) is 1. The molecule has 0 fully saturated rings. The Kier molecular flexibility index (Phi) is 4.33. The first-order chi connectivity index (χ1) is 13.8. The molecule has 0 atom stereocenters. The minimum atomic E-state index is 0.277. The average molecular weight is 434 g/mol. The number of benzene rings is 3. The van der Waals surface area contributed by atoms with Crippen LogP contribution in [-0.4, -0.2) is 16.8 Å². The van der Waals surface area contributed by atoms with Crippen molar-refractivity contribution >= 4 is 32.7 Å². The van der Waals surface area contributed by atoms with Crippen molar-refractivity contribution < 1.29 is 9.47 Å². The molecule has 3 aromatic carbocycles. The number of hydrogen-bond donors (Lipinski definition) is 1. The van der Waals surface area contributed by atoms with Gasteiger partial charge in [0.25, 0.3) is 0 Å². The molecule has 1 aliphatic rings. The summed E-state index contributed by atoms with van der Waals surface area (Å²) in [5, 5.41) is 4.45. The second kappa shape index (κ2) is 7.13. The molecule has 0 bridgehead atoms. The number of aromatic nitrogens is 2. The van der Waals surface area contributed by atoms with E-state index in [0.29, 0.717) is 12.4 Å². The van der Waals surface area contributed by atoms with Gasteiger partial charge in [-0.05, 0) is 42.0 Å². The van der Waals surface area contributed by atoms with Gasteiger partial charge in [0, 0.05) is 22.0 Å². The van der Waals surface area contributed by atoms with Gasteiger partial charge >= 0.3 is 0 Å². The lowest BCUT2D eigenvalue weighted by Gasteiger charge is -2.11. The standard InChI is InChI=1S/C22H16BrN3O2/c23-16-8-6-15(7-9-16)21-25-18-4-2-1-3-17(18)22(26-21)24-12-14-5-10-19-20(11-14)28-13-27-19/h1-11H,12-13H2,(H,24,25,26). The molecule has 28 heavy (non-hydrogen) atoms. The molecular formula is C22H16BrN3O2. The van der Waals surface area contributed by atoms with Crippen LogP contribution in [0.3, 0.4) is 0 Å². The van der Waals surface area contributed by atoms with Crippen molar-refractivity contribution in [1.82, 2.24) is 9.97 Å². The van der Waals surface area contributed by atoms with Crippen molar-refractivity contribution in [2.24, 2.45) is 0 Å². The van der Waals surface area contributed by atoms with Gasteiger partial charge in [-0.1, -0.05) is 46.3 Å². The topological polar surface area (TPSA) is 56.3 Å². The van der Waals surface area contributed by atoms with E-state index in [1.165, 1.54) is 0 Å². The zero-order valence-corrected chi connectivity index (χ0v) is 16.4. The summed E-state index contributed by atoms with van der Waals surface area (Å²) in [4.78, 5) is 9.53. The lowest BCUT2D eigenvalue weighted by Crippen LogP contribution is -2.04. The molecule has 5 nitrogen and oxygen atoms in total. The SMILES string of the molecule is Brc1ccc(-c2nc(NCc3ccc4c(c3)OCO4)c3ccccc3n2)cc1. The molecule has 1 N–H and O–H groups in total. The third-order valence-corrected chi connectivity index (χ3v) is 5.13. The molecule has 0 saturated carbocycles. The third-order valence-electron chi connectivity index (χ3n) is 4.60. The van der Waals surface area contributed by atoms with E-state index in [9.17, 15) is 0 Å². The first-order valence-electron chi connectivity index (χ1n) is 8.91. The first-order valence-corrected chi connectivity index (χ1v) is 9.71. The van der Waals surface area contributed by atoms with Crippen LogP contribution in [0.1, 0.15) is 5.56 Å². The largest absolute Gasteiger partial charge is 0.454 e. The van der Waals surface area contributed by atoms with Crippen molar-refractivity contribution in [1.29, 1.82) is 0 Å². The number of rotatable bonds is 4. The van der Waals surface area contributed by atoms with Crippen LogP contribution in [0.25, 0.3) is 22.3 Å². The molecule has 0 saturated heterocycles. The van der Waals surface area contributed by atoms with Crippen LogP contribution in [0.5, 0.6) is 11.5 Å². The van der Waals surface area contributed by atoms with Crippen molar-refractivity contribution in [2.75, 3.05) is 12.1 Å². The highest BCUT2D eigenvalue weighted by atomic mass is 79.9. The van der Waals surface area contributed by atoms with Crippen LogP contribution < -0.4 is 14.8 Å². The van der Waals surface area contributed by atoms with Crippen LogP contribution in [0.15, 0.2) is 71.2 Å². The second-order valence-electron chi connectivity index (χ2n) is 6.46. The summed E-state index contributed by atoms with van der Waals surface area (Å²) in [6.45, 7) is 0.900. The molecule has 5 rings (SSSR count). The van der Waals surface area contributed by atoms with Gasteiger partial charge in [-0.3, -0.25) is 0 Å². The minimum absolute atomic E-state index is 0.277. The molecule has 0 aliphatic carbocycles. The fourth-order valence-electron chi connectivity index (χ4n) is 3.18. The molecule has 0 amide bonds. The van der Waals surface area contributed by atoms with E-state index >= 15 is 0 Å². The van der Waals surface area contributed by atoms with Crippen molar-refractivity contribution in [3.05, 3.63) is 76.8 Å². The van der Waals surface area contributed by atoms with Gasteiger partial charge < -0.3 is 14.8 Å². The Morgan fingerprint density at radius 3 is 2.61 bits per heavy atom. The fraction of sp³-hybridized carbons (Fsp3) is 0.0909. The summed E-state index contributed by atoms with van der Waals surface area (Å²) in [6, 6.07) is 22.0. The number of ether oxygens (including phenoxy) is 2. The third kappa shape index (κ3) is 3.27. The van der Waals surface area contributed by atoms with Crippen LogP contribution >= 0.6 is 15.9 Å². The lowest BCUT2D eigenvalue weighted by atomic mass is 10.1. The van der Waals surface area contributed by atoms with Crippen LogP contribution in [0.4, 0.5) is 5.82 Å². The highest BCUT2D eigenvalue weighted by molar-refractivity contribution is 9.10. The molecule has 1 aliphatic heterocycles. The molecule has 1 aromatic heterocycles. The van der Waals surface area contributed by atoms with E-state index in [2.05, 4.69) is 21.2 Å². The number of nitrogens with zero attached hydrogens (tertiary/aromatic N) is 2. The molecule has 0 spiro atoms. The Morgan fingerprint density at radius 1 is 0.893 bits per heavy atom. The van der Waals surface area contributed by atoms with Gasteiger partial charge in [0.15, 0.2) is 17.3 Å². The molecule has 6 heteroatoms. The predicted octanol–water partition coefficient (Wildman–Crippen LogP) is 5.40. The zero-order valence-electron chi connectivity index (χ0n) is 14.9. The zero-order chi connectivity index (χ0) is 18.9. The van der Waals surface area contributed by atoms with Gasteiger partial charge in [-0.2, -0.15) is 0 Å². The second-order valence-corrected chi connectivity index (χ2v) is 7.38. The van der Waals surface area contributed by atoms with Gasteiger partial charge in [0.05, 0.1) is 5.52 Å². The molecule has 4 aromatic rings. The Morgan fingerprint density at radius 2 is 1.71 bits per heavy atom. The van der Waals surface area contributed by atoms with E-state index in [1.54, 1.807) is 0 Å². The molecular weight excluding hydrogens is 418 g/mol. The van der Waals surface area contributed by atoms with Crippen molar-refractivity contribution in [3.8, 4) is 22.9 Å². The van der Waals surface area contributed by atoms with Gasteiger partial charge in [0.2, 0.25) is 6.79 Å². The van der Waals surface area contributed by atoms with E-state index in [1.807, 2.05) is 66.7 Å². The molecule has 0 radical (unpaired) electrons. The normalized spacial score (nSPS) is 12.3. The van der Waals surface area contributed by atoms with Gasteiger partial charge in [-0.25, -0.2) is 9.97 Å². The number of halogens is 1. The fourth-order valence-corrected chi connectivity index (χ4v) is 3.44. The van der Waals surface area contributed by atoms with Crippen LogP contribution in [0.2, 0.25) is 0 Å². The summed E-state index contributed by atoms with van der Waals surface area (Å²) >= 11 is 3.47. The quantitative estimate of drug-likeness (QED) is 0.466. The molecule has 2 heterocycles. The van der Waals surface area contributed by atoms with Gasteiger partial charge in [-0.15, -0.1) is 0 Å². The van der Waals surface area contributed by atoms with E-state index in [0.717, 1.165) is 43.8 Å². The number of para-hydroxylation sites is 1. The monoisotopic (exact) mass is 433 g/mol. The van der Waals surface area contributed by atoms with Crippen molar-refractivity contribution in [2.45, 2.75) is 6.54 Å². The number of hydrogen-bond acceptors (Lipinski definition) is 5. The Balaban J connectivity index is 1.49. The Bertz CT molecular complexity index is 1160. The van der Waals surface area contributed by atoms with Crippen LogP contribution in [-0.2, 0) is 6.54 Å². The van der Waals surface area contributed by atoms with E-state index in [4.69, 9.17) is 19.4 Å². The first kappa shape index (κ1) is 17.0. The average Bonchev–Trinajstić information content (AvgIpc) is 3.20. The maximum Gasteiger partial charge on any atom is 0.231 e. The Hall–Kier alpha value is -3.12. The summed E-state index contributed by atoms with van der Waals surface area (Å²) in [5.74, 6) is 3.07. The summed E-state index contributed by atoms with van der Waals surface area (Å²) in [6.07, 6.45) is 0. The number of fused-ring (bicyclic) bond motifs is 2. The smallest absolute Gasteiger partial charge is 0.231 e. The van der Waals surface area contributed by atoms with Crippen molar-refractivity contribution in [3.63, 3.8) is 0 Å². The maximum atomic E-state index is 5.47. The summed E-state index contributed by atoms with van der Waals surface area (Å²) in [7, 11) is 0. The molecule has 0 unspecified atom stereocenters. The summed E-state index contributed by atoms with van der Waals surface area (Å²) < 4.78 is 11.9. The minimum Gasteiger partial charge on any atom is -0.454 e. The highest BCUT2D eigenvalue weighted by Gasteiger charge is 2.14. The Labute approximate surface area is 170 Å². The number of anilines is 1. The van der Waals surface area contributed by atoms with Gasteiger partial charge in [0.1, 0.15) is 5.82 Å². The molecule has 138 valence electrons. The van der Waals surface area contributed by atoms with E-state index in [-0.39, 0.29) is 6.79 Å². The summed E-state index contributed by atoms with van der Waals surface area (Å²) in [5.41, 5.74) is 2.97. The maximum absolute atomic E-state index is 5.47. The highest BCUT2D eigenvalue weighted by Crippen LogP contribution is 2.33.